The zero-order chi connectivity index (χ0) is 56.3. The zero-order valence-corrected chi connectivity index (χ0v) is 41.8. The molecule has 0 saturated heterocycles. The van der Waals surface area contributed by atoms with Crippen molar-refractivity contribution in [3.8, 4) is 50.9 Å². The third kappa shape index (κ3) is 8.63. The summed E-state index contributed by atoms with van der Waals surface area (Å²) in [4.78, 5) is 4.71. The van der Waals surface area contributed by atoms with Gasteiger partial charge < -0.3 is 13.9 Å². The molecule has 0 amide bonds. The van der Waals surface area contributed by atoms with E-state index in [0.717, 1.165) is 49.7 Å². The van der Waals surface area contributed by atoms with Gasteiger partial charge in [0.1, 0.15) is 5.82 Å². The second kappa shape index (κ2) is 17.5. The van der Waals surface area contributed by atoms with Crippen LogP contribution in [0.3, 0.4) is 0 Å². The topological polar surface area (TPSA) is 35.9 Å². The van der Waals surface area contributed by atoms with Gasteiger partial charge in [0.05, 0.1) is 23.6 Å². The number of pyridine rings is 1. The van der Waals surface area contributed by atoms with Crippen LogP contribution in [-0.2, 0) is 37.3 Å². The van der Waals surface area contributed by atoms with Crippen LogP contribution in [0.25, 0.3) is 72.3 Å². The van der Waals surface area contributed by atoms with E-state index in [9.17, 15) is 0 Å². The van der Waals surface area contributed by atoms with E-state index in [4.69, 9.17) is 24.8 Å². The Hall–Kier alpha value is -6.55. The monoisotopic (exact) mass is 1080 g/mol. The van der Waals surface area contributed by atoms with Gasteiger partial charge in [-0.3, -0.25) is 4.57 Å². The zero-order valence-electron chi connectivity index (χ0n) is 50.6. The summed E-state index contributed by atoms with van der Waals surface area (Å²) in [5.41, 5.74) is 8.02. The summed E-state index contributed by atoms with van der Waals surface area (Å²) in [5, 5.41) is 1.61. The van der Waals surface area contributed by atoms with Crippen molar-refractivity contribution >= 4 is 32.8 Å². The van der Waals surface area contributed by atoms with E-state index >= 15 is 0 Å². The predicted molar refractivity (Wildman–Crippen MR) is 276 cm³/mol. The third-order valence-electron chi connectivity index (χ3n) is 12.3. The average molecular weight is 1080 g/mol. The molecular formula is C62H58N4OPt-2. The molecule has 0 radical (unpaired) electrons. The SMILES string of the molecule is [2H]c1c([2H])c([2H])c(-c2cnc(-n3c4[c-]c(Oc5[c-]c(-n6[c-][n+](-c7c(C(C)(C)C)cc(C([2H])([2H])[2H])cc7C(C)(C)C)c7ccc(-c8ccc(C(C)(C)C)cc8)cc76)ccc5)ccc4c4ccccc43)cc2C([2H])([2H])[2H])c([2H])c1[2H].[Pt]. The molecule has 0 aliphatic heterocycles. The minimum atomic E-state index is -2.78. The van der Waals surface area contributed by atoms with Gasteiger partial charge in [-0.15, -0.1) is 29.7 Å². The molecule has 0 aliphatic carbocycles. The molecule has 3 heterocycles. The van der Waals surface area contributed by atoms with Gasteiger partial charge >= 0.3 is 0 Å². The minimum Gasteiger partial charge on any atom is -0.510 e. The van der Waals surface area contributed by atoms with E-state index < -0.39 is 54.7 Å². The standard InChI is InChI=1S/C62H58N4O.Pt/c1-40-32-52(61(6,7)8)59(53(33-40)62(9,10)11)65-39-64(57-35-44(26-31-55(57)65)42-24-27-45(28-25-42)60(3,4)5)46-20-17-21-47(36-46)67-48-29-30-50-49-22-15-16-23-54(49)66(56(50)37-48)58-34-41(2)51(38-63-58)43-18-13-12-14-19-43;/h12-35,38H,1-11H3;/q-2;/i1D3,2D3,12D,13D,14D,18D,19D;. The number of fused-ring (bicyclic) bond motifs is 4. The summed E-state index contributed by atoms with van der Waals surface area (Å²) < 4.78 is 106. The van der Waals surface area contributed by atoms with E-state index in [0.29, 0.717) is 28.2 Å². The molecule has 7 aromatic carbocycles. The van der Waals surface area contributed by atoms with E-state index in [1.807, 2.05) is 59.2 Å². The van der Waals surface area contributed by atoms with Crippen molar-refractivity contribution in [3.63, 3.8) is 0 Å². The Morgan fingerprint density at radius 1 is 0.632 bits per heavy atom. The number of nitrogens with zero attached hydrogens (tertiary/aromatic N) is 4. The number of hydrogen-bond acceptors (Lipinski definition) is 2. The first-order valence-electron chi connectivity index (χ1n) is 28.0. The average Bonchev–Trinajstić information content (AvgIpc) is 4.16. The molecule has 0 N–H and O–H groups in total. The van der Waals surface area contributed by atoms with Crippen LogP contribution in [0.1, 0.15) is 105 Å². The Balaban J connectivity index is 0.00000757. The Bertz CT molecular complexity index is 3980. The number of aryl methyl sites for hydroxylation is 2. The van der Waals surface area contributed by atoms with Crippen LogP contribution < -0.4 is 9.30 Å². The number of aromatic nitrogens is 4. The maximum Gasteiger partial charge on any atom is 0.268 e. The normalized spacial score (nSPS) is 14.9. The molecule has 0 saturated carbocycles. The van der Waals surface area contributed by atoms with Crippen LogP contribution in [0.5, 0.6) is 11.5 Å². The second-order valence-electron chi connectivity index (χ2n) is 20.2. The smallest absolute Gasteiger partial charge is 0.268 e. The van der Waals surface area contributed by atoms with Gasteiger partial charge in [0, 0.05) is 58.1 Å². The third-order valence-corrected chi connectivity index (χ3v) is 12.3. The quantitative estimate of drug-likeness (QED) is 0.118. The maximum absolute atomic E-state index is 8.64. The Morgan fingerprint density at radius 2 is 1.34 bits per heavy atom. The fraction of sp³-hybridized carbons (Fsp3) is 0.226. The summed E-state index contributed by atoms with van der Waals surface area (Å²) in [6.45, 7) is 14.0. The number of imidazole rings is 1. The van der Waals surface area contributed by atoms with Gasteiger partial charge in [-0.05, 0) is 98.2 Å². The van der Waals surface area contributed by atoms with Crippen LogP contribution in [0, 0.1) is 32.2 Å². The largest absolute Gasteiger partial charge is 0.510 e. The van der Waals surface area contributed by atoms with E-state index in [1.165, 1.54) is 17.8 Å². The molecule has 0 unspecified atom stereocenters. The van der Waals surface area contributed by atoms with Crippen molar-refractivity contribution in [3.05, 3.63) is 198 Å². The fourth-order valence-electron chi connectivity index (χ4n) is 8.88. The van der Waals surface area contributed by atoms with Gasteiger partial charge in [-0.25, -0.2) is 4.98 Å². The minimum absolute atomic E-state index is 0. The second-order valence-corrected chi connectivity index (χ2v) is 20.2. The van der Waals surface area contributed by atoms with Gasteiger partial charge in [0.2, 0.25) is 0 Å². The predicted octanol–water partition coefficient (Wildman–Crippen LogP) is 15.4. The summed E-state index contributed by atoms with van der Waals surface area (Å²) in [7, 11) is 0. The number of ether oxygens (including phenoxy) is 1. The summed E-state index contributed by atoms with van der Waals surface area (Å²) >= 11 is 0. The molecule has 10 rings (SSSR count). The van der Waals surface area contributed by atoms with Gasteiger partial charge in [0.15, 0.2) is 0 Å². The van der Waals surface area contributed by atoms with Crippen LogP contribution in [-0.4, -0.2) is 14.1 Å². The molecule has 3 aromatic heterocycles. The Morgan fingerprint density at radius 3 is 2.03 bits per heavy atom. The summed E-state index contributed by atoms with van der Waals surface area (Å²) in [5.74, 6) is 0.888. The van der Waals surface area contributed by atoms with Crippen molar-refractivity contribution < 1.29 is 45.4 Å². The molecule has 10 aromatic rings. The molecular weight excluding hydrogens is 1010 g/mol. The number of rotatable bonds is 7. The van der Waals surface area contributed by atoms with Crippen LogP contribution in [0.15, 0.2) is 152 Å². The molecule has 344 valence electrons. The van der Waals surface area contributed by atoms with Crippen molar-refractivity contribution in [2.24, 2.45) is 0 Å². The summed E-state index contributed by atoms with van der Waals surface area (Å²) in [6, 6.07) is 41.0. The van der Waals surface area contributed by atoms with E-state index in [2.05, 4.69) is 128 Å². The van der Waals surface area contributed by atoms with Gasteiger partial charge in [-0.2, -0.15) is 18.2 Å². The first-order chi connectivity index (χ1) is 36.4. The Kier molecular flexibility index (Phi) is 8.93. The molecule has 6 heteroatoms. The molecule has 0 bridgehead atoms. The van der Waals surface area contributed by atoms with E-state index in [-0.39, 0.29) is 54.6 Å². The first-order valence-corrected chi connectivity index (χ1v) is 22.5. The molecule has 0 aliphatic rings. The molecule has 0 atom stereocenters. The van der Waals surface area contributed by atoms with E-state index in [1.54, 1.807) is 16.7 Å². The number of benzene rings is 7. The fourth-order valence-corrected chi connectivity index (χ4v) is 8.88. The molecule has 68 heavy (non-hydrogen) atoms. The van der Waals surface area contributed by atoms with Crippen molar-refractivity contribution in [1.29, 1.82) is 0 Å². The van der Waals surface area contributed by atoms with Crippen LogP contribution in [0.4, 0.5) is 0 Å². The molecule has 0 fully saturated rings. The van der Waals surface area contributed by atoms with Crippen molar-refractivity contribution in [2.75, 3.05) is 0 Å². The van der Waals surface area contributed by atoms with Crippen LogP contribution >= 0.6 is 0 Å². The van der Waals surface area contributed by atoms with Gasteiger partial charge in [0.25, 0.3) is 6.33 Å². The van der Waals surface area contributed by atoms with Gasteiger partial charge in [-0.1, -0.05) is 170 Å². The first kappa shape index (κ1) is 34.7. The molecule has 0 spiro atoms. The maximum atomic E-state index is 8.64. The summed E-state index contributed by atoms with van der Waals surface area (Å²) in [6.07, 6.45) is 4.97. The Labute approximate surface area is 431 Å². The van der Waals surface area contributed by atoms with Crippen LogP contribution in [0.2, 0.25) is 0 Å². The number of para-hydroxylation sites is 1. The number of hydrogen-bond donors (Lipinski definition) is 0. The molecule has 5 nitrogen and oxygen atoms in total. The van der Waals surface area contributed by atoms with Crippen molar-refractivity contribution in [1.82, 2.24) is 14.1 Å². The van der Waals surface area contributed by atoms with Crippen molar-refractivity contribution in [2.45, 2.75) is 92.3 Å².